The number of aromatic nitrogens is 2. The Balaban J connectivity index is 1.69. The Morgan fingerprint density at radius 2 is 1.57 bits per heavy atom. The predicted molar refractivity (Wildman–Crippen MR) is 115 cm³/mol. The first kappa shape index (κ1) is 19.4. The Morgan fingerprint density at radius 1 is 0.929 bits per heavy atom. The maximum Gasteiger partial charge on any atom is 0.275 e. The minimum Gasteiger partial charge on any atom is -0.378 e. The van der Waals surface area contributed by atoms with Gasteiger partial charge in [-0.1, -0.05) is 17.7 Å². The number of carbonyl (C=O) groups excluding carboxylic acids is 1. The molecule has 0 saturated carbocycles. The lowest BCUT2D eigenvalue weighted by atomic mass is 10.1. The number of nitrogens with one attached hydrogen (secondary N) is 2. The van der Waals surface area contributed by atoms with Crippen molar-refractivity contribution in [1.82, 2.24) is 9.97 Å². The van der Waals surface area contributed by atoms with Crippen LogP contribution in [0.25, 0.3) is 0 Å². The van der Waals surface area contributed by atoms with Gasteiger partial charge in [-0.25, -0.2) is 9.97 Å². The van der Waals surface area contributed by atoms with Gasteiger partial charge in [0, 0.05) is 31.2 Å². The minimum absolute atomic E-state index is 0.271. The number of aryl methyl sites for hydroxylation is 3. The number of benzene rings is 2. The average molecular weight is 375 g/mol. The first-order chi connectivity index (χ1) is 13.3. The molecule has 0 radical (unpaired) electrons. The van der Waals surface area contributed by atoms with E-state index in [2.05, 4.69) is 20.6 Å². The summed E-state index contributed by atoms with van der Waals surface area (Å²) in [5.41, 5.74) is 6.33. The first-order valence-corrected chi connectivity index (χ1v) is 9.09. The molecule has 1 aromatic heterocycles. The smallest absolute Gasteiger partial charge is 0.275 e. The molecule has 0 unspecified atom stereocenters. The summed E-state index contributed by atoms with van der Waals surface area (Å²) in [7, 11) is 3.99. The van der Waals surface area contributed by atoms with E-state index in [1.54, 1.807) is 6.20 Å². The summed E-state index contributed by atoms with van der Waals surface area (Å²) in [4.78, 5) is 23.1. The van der Waals surface area contributed by atoms with Gasteiger partial charge >= 0.3 is 0 Å². The Labute approximate surface area is 165 Å². The Bertz CT molecular complexity index is 956. The van der Waals surface area contributed by atoms with Crippen molar-refractivity contribution in [1.29, 1.82) is 0 Å². The van der Waals surface area contributed by atoms with Gasteiger partial charge in [0.2, 0.25) is 0 Å². The molecule has 2 aromatic carbocycles. The minimum atomic E-state index is -0.274. The molecule has 0 aliphatic rings. The zero-order valence-electron chi connectivity index (χ0n) is 16.9. The Kier molecular flexibility index (Phi) is 5.59. The van der Waals surface area contributed by atoms with E-state index in [1.165, 1.54) is 11.8 Å². The summed E-state index contributed by atoms with van der Waals surface area (Å²) in [5.74, 6) is 0.307. The summed E-state index contributed by atoms with van der Waals surface area (Å²) in [6, 6.07) is 12.1. The van der Waals surface area contributed by atoms with Crippen molar-refractivity contribution < 1.29 is 4.79 Å². The molecule has 0 saturated heterocycles. The van der Waals surface area contributed by atoms with E-state index in [0.29, 0.717) is 5.82 Å². The number of amides is 1. The molecule has 6 heteroatoms. The molecule has 0 fully saturated rings. The van der Waals surface area contributed by atoms with Crippen LogP contribution in [0.15, 0.2) is 48.8 Å². The van der Waals surface area contributed by atoms with Crippen molar-refractivity contribution in [3.8, 4) is 0 Å². The van der Waals surface area contributed by atoms with E-state index >= 15 is 0 Å². The fourth-order valence-corrected chi connectivity index (χ4v) is 3.06. The maximum atomic E-state index is 12.5. The fourth-order valence-electron chi connectivity index (χ4n) is 3.06. The second kappa shape index (κ2) is 8.08. The van der Waals surface area contributed by atoms with Gasteiger partial charge in [-0.15, -0.1) is 0 Å². The summed E-state index contributed by atoms with van der Waals surface area (Å²) in [6.45, 7) is 6.00. The quantitative estimate of drug-likeness (QED) is 0.689. The Morgan fingerprint density at radius 3 is 2.11 bits per heavy atom. The van der Waals surface area contributed by atoms with E-state index in [9.17, 15) is 4.79 Å². The number of carbonyl (C=O) groups is 1. The second-order valence-corrected chi connectivity index (χ2v) is 7.08. The molecule has 6 nitrogen and oxygen atoms in total. The number of nitrogens with zero attached hydrogens (tertiary/aromatic N) is 3. The maximum absolute atomic E-state index is 12.5. The summed E-state index contributed by atoms with van der Waals surface area (Å²) < 4.78 is 0. The number of hydrogen-bond acceptors (Lipinski definition) is 5. The van der Waals surface area contributed by atoms with E-state index in [0.717, 1.165) is 28.2 Å². The van der Waals surface area contributed by atoms with Crippen LogP contribution in [0.3, 0.4) is 0 Å². The van der Waals surface area contributed by atoms with Crippen LogP contribution in [0, 0.1) is 20.8 Å². The molecule has 1 heterocycles. The molecule has 0 bridgehead atoms. The van der Waals surface area contributed by atoms with Crippen molar-refractivity contribution in [2.45, 2.75) is 20.8 Å². The van der Waals surface area contributed by atoms with Crippen LogP contribution in [0.1, 0.15) is 27.2 Å². The molecule has 0 aliphatic heterocycles. The highest BCUT2D eigenvalue weighted by atomic mass is 16.1. The third-order valence-corrected chi connectivity index (χ3v) is 4.46. The molecule has 2 N–H and O–H groups in total. The molecule has 3 rings (SSSR count). The van der Waals surface area contributed by atoms with Gasteiger partial charge in [-0.3, -0.25) is 4.79 Å². The zero-order valence-corrected chi connectivity index (χ0v) is 16.9. The van der Waals surface area contributed by atoms with Gasteiger partial charge in [-0.05, 0) is 56.2 Å². The van der Waals surface area contributed by atoms with Crippen LogP contribution >= 0.6 is 0 Å². The second-order valence-electron chi connectivity index (χ2n) is 7.08. The van der Waals surface area contributed by atoms with E-state index in [4.69, 9.17) is 0 Å². The van der Waals surface area contributed by atoms with Crippen LogP contribution in [-0.4, -0.2) is 30.0 Å². The number of hydrogen-bond donors (Lipinski definition) is 2. The highest BCUT2D eigenvalue weighted by molar-refractivity contribution is 6.03. The fraction of sp³-hybridized carbons (Fsp3) is 0.227. The van der Waals surface area contributed by atoms with Gasteiger partial charge in [0.25, 0.3) is 5.91 Å². The SMILES string of the molecule is Cc1cc(C)c(NC(=O)c2cnc(Nc3ccc(N(C)C)cc3)cn2)c(C)c1. The number of anilines is 4. The Hall–Kier alpha value is -3.41. The number of rotatable bonds is 5. The summed E-state index contributed by atoms with van der Waals surface area (Å²) in [6.07, 6.45) is 3.04. The highest BCUT2D eigenvalue weighted by Crippen LogP contribution is 2.23. The molecule has 0 aliphatic carbocycles. The summed E-state index contributed by atoms with van der Waals surface area (Å²) in [5, 5.41) is 6.13. The van der Waals surface area contributed by atoms with Crippen molar-refractivity contribution >= 4 is 28.8 Å². The highest BCUT2D eigenvalue weighted by Gasteiger charge is 2.12. The predicted octanol–water partition coefficient (Wildman–Crippen LogP) is 4.46. The molecular formula is C22H25N5O. The normalized spacial score (nSPS) is 10.5. The monoisotopic (exact) mass is 375 g/mol. The topological polar surface area (TPSA) is 70.2 Å². The molecule has 3 aromatic rings. The molecular weight excluding hydrogens is 350 g/mol. The largest absolute Gasteiger partial charge is 0.378 e. The molecule has 28 heavy (non-hydrogen) atoms. The van der Waals surface area contributed by atoms with Gasteiger partial charge in [-0.2, -0.15) is 0 Å². The van der Waals surface area contributed by atoms with E-state index in [1.807, 2.05) is 76.2 Å². The third-order valence-electron chi connectivity index (χ3n) is 4.46. The van der Waals surface area contributed by atoms with Crippen molar-refractivity contribution in [2.24, 2.45) is 0 Å². The van der Waals surface area contributed by atoms with Gasteiger partial charge < -0.3 is 15.5 Å². The molecule has 144 valence electrons. The van der Waals surface area contributed by atoms with Gasteiger partial charge in [0.15, 0.2) is 0 Å². The lowest BCUT2D eigenvalue weighted by Gasteiger charge is -2.13. The molecule has 0 atom stereocenters. The van der Waals surface area contributed by atoms with Crippen LogP contribution in [0.2, 0.25) is 0 Å². The standard InChI is InChI=1S/C22H25N5O/c1-14-10-15(2)21(16(3)11-14)26-22(28)19-12-24-20(13-23-19)25-17-6-8-18(9-7-17)27(4)5/h6-13H,1-5H3,(H,24,25)(H,26,28). The lowest BCUT2D eigenvalue weighted by Crippen LogP contribution is -2.16. The van der Waals surface area contributed by atoms with Crippen LogP contribution in [0.4, 0.5) is 22.9 Å². The lowest BCUT2D eigenvalue weighted by molar-refractivity contribution is 0.102. The van der Waals surface area contributed by atoms with Gasteiger partial charge in [0.05, 0.1) is 12.4 Å². The molecule has 1 amide bonds. The van der Waals surface area contributed by atoms with Crippen LogP contribution in [0.5, 0.6) is 0 Å². The molecule has 0 spiro atoms. The van der Waals surface area contributed by atoms with E-state index < -0.39 is 0 Å². The summed E-state index contributed by atoms with van der Waals surface area (Å²) >= 11 is 0. The van der Waals surface area contributed by atoms with Crippen molar-refractivity contribution in [3.05, 3.63) is 71.2 Å². The van der Waals surface area contributed by atoms with Crippen LogP contribution < -0.4 is 15.5 Å². The van der Waals surface area contributed by atoms with Gasteiger partial charge in [0.1, 0.15) is 11.5 Å². The zero-order chi connectivity index (χ0) is 20.3. The van der Waals surface area contributed by atoms with Crippen LogP contribution in [-0.2, 0) is 0 Å². The first-order valence-electron chi connectivity index (χ1n) is 9.09. The van der Waals surface area contributed by atoms with Crippen molar-refractivity contribution in [3.63, 3.8) is 0 Å². The van der Waals surface area contributed by atoms with Crippen molar-refractivity contribution in [2.75, 3.05) is 29.6 Å². The third kappa shape index (κ3) is 4.46. The van der Waals surface area contributed by atoms with E-state index in [-0.39, 0.29) is 11.6 Å². The average Bonchev–Trinajstić information content (AvgIpc) is 2.65.